The number of fused-ring (bicyclic) bond motifs is 1. The Balaban J connectivity index is 1.75. The Morgan fingerprint density at radius 3 is 2.79 bits per heavy atom. The Hall–Kier alpha value is -1.66. The molecule has 6 heteroatoms. The minimum absolute atomic E-state index is 0.0757. The molecule has 1 aromatic rings. The number of amides is 1. The first-order chi connectivity index (χ1) is 11.5. The van der Waals surface area contributed by atoms with Crippen LogP contribution in [-0.4, -0.2) is 27.4 Å². The van der Waals surface area contributed by atoms with Gasteiger partial charge in [0.15, 0.2) is 0 Å². The molecular weight excluding hydrogens is 324 g/mol. The molecule has 3 rings (SSSR count). The molecule has 0 atom stereocenters. The highest BCUT2D eigenvalue weighted by Crippen LogP contribution is 2.30. The normalized spacial score (nSPS) is 17.5. The first-order valence-corrected chi connectivity index (χ1v) is 10.1. The summed E-state index contributed by atoms with van der Waals surface area (Å²) < 4.78 is 27.8. The lowest BCUT2D eigenvalue weighted by Crippen LogP contribution is -2.28. The monoisotopic (exact) mass is 348 g/mol. The van der Waals surface area contributed by atoms with Crippen LogP contribution in [0.1, 0.15) is 44.6 Å². The van der Waals surface area contributed by atoms with Gasteiger partial charge in [0, 0.05) is 25.2 Å². The molecule has 1 aliphatic carbocycles. The average Bonchev–Trinajstić information content (AvgIpc) is 3.03. The van der Waals surface area contributed by atoms with Gasteiger partial charge >= 0.3 is 0 Å². The van der Waals surface area contributed by atoms with Crippen LogP contribution in [0, 0.1) is 0 Å². The minimum Gasteiger partial charge on any atom is -0.312 e. The Labute approximate surface area is 143 Å². The van der Waals surface area contributed by atoms with E-state index in [9.17, 15) is 13.2 Å². The molecule has 0 saturated carbocycles. The van der Waals surface area contributed by atoms with E-state index in [2.05, 4.69) is 10.8 Å². The number of hydrogen-bond donors (Lipinski definition) is 1. The molecule has 0 saturated heterocycles. The molecule has 5 nitrogen and oxygen atoms in total. The van der Waals surface area contributed by atoms with Crippen molar-refractivity contribution in [3.8, 4) is 0 Å². The van der Waals surface area contributed by atoms with E-state index in [4.69, 9.17) is 0 Å². The Morgan fingerprint density at radius 1 is 1.25 bits per heavy atom. The van der Waals surface area contributed by atoms with Gasteiger partial charge in [-0.3, -0.25) is 4.79 Å². The van der Waals surface area contributed by atoms with Crippen molar-refractivity contribution in [3.63, 3.8) is 0 Å². The van der Waals surface area contributed by atoms with E-state index in [0.29, 0.717) is 25.9 Å². The van der Waals surface area contributed by atoms with Crippen LogP contribution in [0.5, 0.6) is 0 Å². The predicted molar refractivity (Wildman–Crippen MR) is 94.5 cm³/mol. The number of hydrogen-bond acceptors (Lipinski definition) is 3. The van der Waals surface area contributed by atoms with Crippen LogP contribution in [-0.2, 0) is 21.2 Å². The number of carbonyl (C=O) groups excluding carboxylic acids is 1. The highest BCUT2D eigenvalue weighted by Gasteiger charge is 2.25. The molecule has 0 radical (unpaired) electrons. The number of anilines is 1. The standard InChI is InChI=1S/C18H24N2O3S/c1-2-18(21)20-11-10-15-12-16(8-9-17(15)20)24(22,23)19-13-14-6-4-3-5-7-14/h6,8-9,12,19H,2-5,7,10-11,13H2,1H3. The van der Waals surface area contributed by atoms with Crippen molar-refractivity contribution in [3.05, 3.63) is 35.4 Å². The summed E-state index contributed by atoms with van der Waals surface area (Å²) in [5.41, 5.74) is 2.94. The van der Waals surface area contributed by atoms with Crippen molar-refractivity contribution in [2.24, 2.45) is 0 Å². The van der Waals surface area contributed by atoms with E-state index in [1.165, 1.54) is 12.0 Å². The van der Waals surface area contributed by atoms with Crippen LogP contribution < -0.4 is 9.62 Å². The largest absolute Gasteiger partial charge is 0.312 e. The summed E-state index contributed by atoms with van der Waals surface area (Å²) in [6.07, 6.45) is 7.63. The number of nitrogens with one attached hydrogen (secondary N) is 1. The van der Waals surface area contributed by atoms with Crippen LogP contribution in [0.25, 0.3) is 0 Å². The molecule has 1 aromatic carbocycles. The molecule has 0 fully saturated rings. The van der Waals surface area contributed by atoms with Crippen molar-refractivity contribution in [1.82, 2.24) is 4.72 Å². The Bertz CT molecular complexity index is 768. The van der Waals surface area contributed by atoms with Gasteiger partial charge < -0.3 is 4.90 Å². The molecule has 24 heavy (non-hydrogen) atoms. The number of sulfonamides is 1. The van der Waals surface area contributed by atoms with E-state index in [1.807, 2.05) is 6.92 Å². The zero-order chi connectivity index (χ0) is 17.2. The third-order valence-corrected chi connectivity index (χ3v) is 6.13. The third kappa shape index (κ3) is 3.54. The van der Waals surface area contributed by atoms with Crippen LogP contribution in [0.3, 0.4) is 0 Å². The van der Waals surface area contributed by atoms with Crippen LogP contribution in [0.4, 0.5) is 5.69 Å². The zero-order valence-electron chi connectivity index (χ0n) is 14.0. The van der Waals surface area contributed by atoms with Crippen molar-refractivity contribution in [2.45, 2.75) is 50.3 Å². The summed E-state index contributed by atoms with van der Waals surface area (Å²) in [6, 6.07) is 5.05. The van der Waals surface area contributed by atoms with Crippen LogP contribution in [0.2, 0.25) is 0 Å². The Morgan fingerprint density at radius 2 is 2.08 bits per heavy atom. The van der Waals surface area contributed by atoms with Crippen molar-refractivity contribution < 1.29 is 13.2 Å². The lowest BCUT2D eigenvalue weighted by Gasteiger charge is -2.17. The van der Waals surface area contributed by atoms with Gasteiger partial charge in [-0.1, -0.05) is 18.6 Å². The average molecular weight is 348 g/mol. The fraction of sp³-hybridized carbons (Fsp3) is 0.500. The van der Waals surface area contributed by atoms with Crippen molar-refractivity contribution >= 4 is 21.6 Å². The molecule has 1 aliphatic heterocycles. The molecule has 0 unspecified atom stereocenters. The highest BCUT2D eigenvalue weighted by atomic mass is 32.2. The molecule has 1 N–H and O–H groups in total. The third-order valence-electron chi connectivity index (χ3n) is 4.73. The molecular formula is C18H24N2O3S. The molecule has 0 spiro atoms. The SMILES string of the molecule is CCC(=O)N1CCc2cc(S(=O)(=O)NCC3=CCCCC3)ccc21. The maximum Gasteiger partial charge on any atom is 0.240 e. The van der Waals surface area contributed by atoms with Gasteiger partial charge in [0.2, 0.25) is 15.9 Å². The second-order valence-electron chi connectivity index (χ2n) is 6.37. The topological polar surface area (TPSA) is 66.5 Å². The summed E-state index contributed by atoms with van der Waals surface area (Å²) in [7, 11) is -3.52. The summed E-state index contributed by atoms with van der Waals surface area (Å²) in [5.74, 6) is 0.0757. The molecule has 0 bridgehead atoms. The van der Waals surface area contributed by atoms with Crippen molar-refractivity contribution in [2.75, 3.05) is 18.0 Å². The van der Waals surface area contributed by atoms with Crippen molar-refractivity contribution in [1.29, 1.82) is 0 Å². The molecule has 1 amide bonds. The molecule has 2 aliphatic rings. The number of benzene rings is 1. The smallest absolute Gasteiger partial charge is 0.240 e. The van der Waals surface area contributed by atoms with Gasteiger partial charge in [0.05, 0.1) is 4.90 Å². The first-order valence-electron chi connectivity index (χ1n) is 8.62. The predicted octanol–water partition coefficient (Wildman–Crippen LogP) is 2.76. The summed E-state index contributed by atoms with van der Waals surface area (Å²) in [4.78, 5) is 13.9. The summed E-state index contributed by atoms with van der Waals surface area (Å²) in [6.45, 7) is 2.86. The van der Waals surface area contributed by atoms with Gasteiger partial charge in [0.1, 0.15) is 0 Å². The second kappa shape index (κ2) is 7.07. The van der Waals surface area contributed by atoms with Gasteiger partial charge in [-0.25, -0.2) is 13.1 Å². The van der Waals surface area contributed by atoms with Gasteiger partial charge in [-0.15, -0.1) is 0 Å². The zero-order valence-corrected chi connectivity index (χ0v) is 14.9. The molecule has 0 aromatic heterocycles. The summed E-state index contributed by atoms with van der Waals surface area (Å²) in [5, 5.41) is 0. The molecule has 130 valence electrons. The molecule has 1 heterocycles. The maximum absolute atomic E-state index is 12.5. The minimum atomic E-state index is -3.52. The maximum atomic E-state index is 12.5. The van der Waals surface area contributed by atoms with Crippen LogP contribution in [0.15, 0.2) is 34.7 Å². The second-order valence-corrected chi connectivity index (χ2v) is 8.14. The number of rotatable bonds is 5. The fourth-order valence-corrected chi connectivity index (χ4v) is 4.42. The summed E-state index contributed by atoms with van der Waals surface area (Å²) >= 11 is 0. The number of nitrogens with zero attached hydrogens (tertiary/aromatic N) is 1. The van der Waals surface area contributed by atoms with E-state index < -0.39 is 10.0 Å². The van der Waals surface area contributed by atoms with E-state index >= 15 is 0 Å². The van der Waals surface area contributed by atoms with Gasteiger partial charge in [-0.05, 0) is 55.9 Å². The van der Waals surface area contributed by atoms with Gasteiger partial charge in [0.25, 0.3) is 0 Å². The van der Waals surface area contributed by atoms with E-state index in [1.54, 1.807) is 23.1 Å². The van der Waals surface area contributed by atoms with E-state index in [0.717, 1.165) is 30.5 Å². The van der Waals surface area contributed by atoms with Gasteiger partial charge in [-0.2, -0.15) is 0 Å². The lowest BCUT2D eigenvalue weighted by molar-refractivity contribution is -0.118. The fourth-order valence-electron chi connectivity index (χ4n) is 3.33. The Kier molecular flexibility index (Phi) is 5.06. The quantitative estimate of drug-likeness (QED) is 0.832. The lowest BCUT2D eigenvalue weighted by atomic mass is 10.0. The highest BCUT2D eigenvalue weighted by molar-refractivity contribution is 7.89. The first kappa shape index (κ1) is 17.2. The number of carbonyl (C=O) groups is 1. The van der Waals surface area contributed by atoms with Crippen LogP contribution >= 0.6 is 0 Å². The van der Waals surface area contributed by atoms with E-state index in [-0.39, 0.29) is 10.8 Å². The number of allylic oxidation sites excluding steroid dienone is 1.